The molecule has 0 radical (unpaired) electrons. The molecule has 0 amide bonds. The molecule has 5 rings (SSSR count). The van der Waals surface area contributed by atoms with Crippen molar-refractivity contribution in [1.29, 1.82) is 0 Å². The van der Waals surface area contributed by atoms with Crippen molar-refractivity contribution >= 4 is 45.2 Å². The molecule has 0 fully saturated rings. The first-order valence-corrected chi connectivity index (χ1v) is 11.6. The monoisotopic (exact) mass is 494 g/mol. The number of nitrogens with one attached hydrogen (secondary N) is 3. The van der Waals surface area contributed by atoms with Gasteiger partial charge in [-0.15, -0.1) is 0 Å². The third kappa shape index (κ3) is 4.78. The summed E-state index contributed by atoms with van der Waals surface area (Å²) in [6.07, 6.45) is 3.52. The van der Waals surface area contributed by atoms with Crippen LogP contribution in [0.2, 0.25) is 5.02 Å². The molecule has 0 aliphatic rings. The molecule has 1 atom stereocenters. The smallest absolute Gasteiger partial charge is 0.281 e. The van der Waals surface area contributed by atoms with Crippen LogP contribution in [0.15, 0.2) is 59.9 Å². The van der Waals surface area contributed by atoms with Gasteiger partial charge in [-0.3, -0.25) is 10.2 Å². The first-order valence-electron chi connectivity index (χ1n) is 11.2. The van der Waals surface area contributed by atoms with Crippen LogP contribution in [-0.2, 0) is 0 Å². The van der Waals surface area contributed by atoms with Gasteiger partial charge in [0.1, 0.15) is 17.7 Å². The second kappa shape index (κ2) is 10.5. The number of anilines is 2. The molecule has 11 heteroatoms. The summed E-state index contributed by atoms with van der Waals surface area (Å²) in [5.41, 5.74) is 4.80. The van der Waals surface area contributed by atoms with Crippen LogP contribution in [0.5, 0.6) is 0 Å². The van der Waals surface area contributed by atoms with E-state index in [0.29, 0.717) is 45.5 Å². The van der Waals surface area contributed by atoms with Crippen molar-refractivity contribution in [3.8, 4) is 0 Å². The van der Waals surface area contributed by atoms with Crippen LogP contribution in [0.4, 0.5) is 15.9 Å². The highest BCUT2D eigenvalue weighted by Crippen LogP contribution is 2.26. The number of H-pyrrole nitrogens is 1. The third-order valence-corrected chi connectivity index (χ3v) is 5.53. The van der Waals surface area contributed by atoms with Gasteiger partial charge >= 0.3 is 0 Å². The van der Waals surface area contributed by atoms with Gasteiger partial charge < -0.3 is 10.3 Å². The molecular formula is C24H24ClFN8O. The molecule has 0 spiro atoms. The molecule has 0 bridgehead atoms. The zero-order chi connectivity index (χ0) is 24.9. The van der Waals surface area contributed by atoms with E-state index in [4.69, 9.17) is 16.6 Å². The zero-order valence-electron chi connectivity index (χ0n) is 19.4. The summed E-state index contributed by atoms with van der Waals surface area (Å²) < 4.78 is 14.7. The van der Waals surface area contributed by atoms with Crippen molar-refractivity contribution < 1.29 is 4.39 Å². The van der Waals surface area contributed by atoms with Gasteiger partial charge in [0, 0.05) is 0 Å². The summed E-state index contributed by atoms with van der Waals surface area (Å²) >= 11 is 6.33. The van der Waals surface area contributed by atoms with E-state index >= 15 is 0 Å². The summed E-state index contributed by atoms with van der Waals surface area (Å²) in [4.78, 5) is 33.9. The third-order valence-electron chi connectivity index (χ3n) is 5.21. The fourth-order valence-corrected chi connectivity index (χ4v) is 3.84. The predicted molar refractivity (Wildman–Crippen MR) is 136 cm³/mol. The van der Waals surface area contributed by atoms with Crippen LogP contribution >= 0.6 is 11.6 Å². The number of rotatable bonds is 6. The van der Waals surface area contributed by atoms with Crippen LogP contribution in [-0.4, -0.2) is 29.6 Å². The summed E-state index contributed by atoms with van der Waals surface area (Å²) in [6.45, 7) is 5.96. The lowest BCUT2D eigenvalue weighted by Crippen LogP contribution is -2.34. The standard InChI is InChI=1S/C22H18ClFN8O.C2H6/c1-2-15(29-20-18-19(26-10-25-18)27-11-28-20)21-30-16-5-3-4-14(23)17(16)22(33)32(21)31-13-8-6-12(24)7-9-13;1-2/h3-11,15,31H,2H2,1H3,(H2,25,26,27,28,29);1-2H3. The summed E-state index contributed by atoms with van der Waals surface area (Å²) in [5.74, 6) is 0.555. The Morgan fingerprint density at radius 1 is 1.11 bits per heavy atom. The average Bonchev–Trinajstić information content (AvgIpc) is 3.36. The molecule has 2 aromatic carbocycles. The quantitative estimate of drug-likeness (QED) is 0.292. The van der Waals surface area contributed by atoms with Crippen molar-refractivity contribution in [3.05, 3.63) is 82.1 Å². The normalized spacial score (nSPS) is 11.7. The van der Waals surface area contributed by atoms with Crippen molar-refractivity contribution in [3.63, 3.8) is 0 Å². The van der Waals surface area contributed by atoms with Gasteiger partial charge in [0.05, 0.1) is 34.0 Å². The largest absolute Gasteiger partial charge is 0.358 e. The number of fused-ring (bicyclic) bond motifs is 2. The molecule has 3 aromatic heterocycles. The number of aromatic nitrogens is 6. The SMILES string of the molecule is CC.CCC(Nc1ncnc2nc[nH]c12)c1nc2cccc(Cl)c2c(=O)n1Nc1ccc(F)cc1. The zero-order valence-corrected chi connectivity index (χ0v) is 20.1. The summed E-state index contributed by atoms with van der Waals surface area (Å²) in [7, 11) is 0. The number of hydrogen-bond donors (Lipinski definition) is 3. The van der Waals surface area contributed by atoms with Gasteiger partial charge in [-0.25, -0.2) is 29.0 Å². The highest BCUT2D eigenvalue weighted by molar-refractivity contribution is 6.35. The minimum absolute atomic E-state index is 0.283. The highest BCUT2D eigenvalue weighted by Gasteiger charge is 2.22. The number of imidazole rings is 1. The lowest BCUT2D eigenvalue weighted by Gasteiger charge is -2.23. The molecule has 0 aliphatic carbocycles. The second-order valence-corrected chi connectivity index (χ2v) is 7.70. The maximum absolute atomic E-state index is 13.5. The van der Waals surface area contributed by atoms with E-state index in [2.05, 4.69) is 30.7 Å². The van der Waals surface area contributed by atoms with E-state index in [-0.39, 0.29) is 16.8 Å². The van der Waals surface area contributed by atoms with Crippen LogP contribution < -0.4 is 16.3 Å². The first-order chi connectivity index (χ1) is 17.0. The Morgan fingerprint density at radius 3 is 2.63 bits per heavy atom. The van der Waals surface area contributed by atoms with Crippen LogP contribution in [0, 0.1) is 5.82 Å². The highest BCUT2D eigenvalue weighted by atomic mass is 35.5. The number of hydrogen-bond acceptors (Lipinski definition) is 7. The Kier molecular flexibility index (Phi) is 7.21. The number of halogens is 2. The van der Waals surface area contributed by atoms with Gasteiger partial charge in [-0.1, -0.05) is 38.4 Å². The lowest BCUT2D eigenvalue weighted by molar-refractivity contribution is 0.626. The molecule has 1 unspecified atom stereocenters. The average molecular weight is 495 g/mol. The van der Waals surface area contributed by atoms with Crippen molar-refractivity contribution in [2.24, 2.45) is 0 Å². The fourth-order valence-electron chi connectivity index (χ4n) is 3.59. The van der Waals surface area contributed by atoms with Crippen LogP contribution in [0.25, 0.3) is 22.1 Å². The van der Waals surface area contributed by atoms with E-state index in [1.807, 2.05) is 20.8 Å². The first kappa shape index (κ1) is 24.1. The van der Waals surface area contributed by atoms with Crippen molar-refractivity contribution in [2.45, 2.75) is 33.2 Å². The Hall–Kier alpha value is -4.05. The fraction of sp³-hybridized carbons (Fsp3) is 0.208. The molecule has 0 saturated heterocycles. The maximum Gasteiger partial charge on any atom is 0.281 e. The van der Waals surface area contributed by atoms with Crippen LogP contribution in [0.1, 0.15) is 39.1 Å². The Labute approximate surface area is 205 Å². The summed E-state index contributed by atoms with van der Waals surface area (Å²) in [5, 5.41) is 3.91. The number of benzene rings is 2. The molecule has 180 valence electrons. The van der Waals surface area contributed by atoms with Gasteiger partial charge in [0.2, 0.25) is 0 Å². The Bertz CT molecular complexity index is 1520. The maximum atomic E-state index is 13.5. The van der Waals surface area contributed by atoms with Crippen molar-refractivity contribution in [1.82, 2.24) is 29.6 Å². The minimum Gasteiger partial charge on any atom is -0.358 e. The molecule has 5 aromatic rings. The summed E-state index contributed by atoms with van der Waals surface area (Å²) in [6, 6.07) is 10.4. The molecule has 3 N–H and O–H groups in total. The molecular weight excluding hydrogens is 471 g/mol. The number of nitrogens with zero attached hydrogens (tertiary/aromatic N) is 5. The molecule has 3 heterocycles. The Morgan fingerprint density at radius 2 is 1.89 bits per heavy atom. The molecule has 0 aliphatic heterocycles. The van der Waals surface area contributed by atoms with Gasteiger partial charge in [-0.05, 0) is 42.8 Å². The molecule has 9 nitrogen and oxygen atoms in total. The van der Waals surface area contributed by atoms with Gasteiger partial charge in [0.15, 0.2) is 17.3 Å². The molecule has 35 heavy (non-hydrogen) atoms. The van der Waals surface area contributed by atoms with E-state index in [1.165, 1.54) is 41.6 Å². The minimum atomic E-state index is -0.421. The van der Waals surface area contributed by atoms with E-state index < -0.39 is 6.04 Å². The topological polar surface area (TPSA) is 113 Å². The van der Waals surface area contributed by atoms with Crippen molar-refractivity contribution in [2.75, 3.05) is 10.7 Å². The van der Waals surface area contributed by atoms with Crippen LogP contribution in [0.3, 0.4) is 0 Å². The van der Waals surface area contributed by atoms with E-state index in [9.17, 15) is 9.18 Å². The Balaban J connectivity index is 0.00000141. The number of aromatic amines is 1. The molecule has 0 saturated carbocycles. The van der Waals surface area contributed by atoms with E-state index in [0.717, 1.165) is 0 Å². The predicted octanol–water partition coefficient (Wildman–Crippen LogP) is 5.32. The lowest BCUT2D eigenvalue weighted by atomic mass is 10.1. The van der Waals surface area contributed by atoms with Gasteiger partial charge in [0.25, 0.3) is 5.56 Å². The second-order valence-electron chi connectivity index (χ2n) is 7.29. The van der Waals surface area contributed by atoms with E-state index in [1.54, 1.807) is 18.2 Å². The van der Waals surface area contributed by atoms with Gasteiger partial charge in [-0.2, -0.15) is 0 Å².